The van der Waals surface area contributed by atoms with Crippen LogP contribution in [0.1, 0.15) is 11.1 Å². The summed E-state index contributed by atoms with van der Waals surface area (Å²) in [6.07, 6.45) is 2.98. The van der Waals surface area contributed by atoms with Gasteiger partial charge in [0.2, 0.25) is 0 Å². The Bertz CT molecular complexity index is 794. The van der Waals surface area contributed by atoms with Gasteiger partial charge in [0.1, 0.15) is 11.0 Å². The molecule has 0 aliphatic rings. The number of nitrogens with one attached hydrogen (secondary N) is 1. The molecule has 0 unspecified atom stereocenters. The minimum absolute atomic E-state index is 0.000886. The lowest BCUT2D eigenvalue weighted by Gasteiger charge is -2.11. The van der Waals surface area contributed by atoms with Crippen LogP contribution in [0.15, 0.2) is 41.6 Å². The molecule has 0 spiro atoms. The number of aryl methyl sites for hydroxylation is 1. The summed E-state index contributed by atoms with van der Waals surface area (Å²) >= 11 is 0. The van der Waals surface area contributed by atoms with Crippen LogP contribution in [0.4, 0.5) is 11.4 Å². The van der Waals surface area contributed by atoms with Crippen molar-refractivity contribution in [1.82, 2.24) is 4.98 Å². The van der Waals surface area contributed by atoms with E-state index in [0.29, 0.717) is 11.4 Å². The molecule has 0 aliphatic heterocycles. The van der Waals surface area contributed by atoms with Crippen LogP contribution in [-0.4, -0.2) is 13.4 Å². The Morgan fingerprint density at radius 2 is 2.10 bits per heavy atom. The molecule has 20 heavy (non-hydrogen) atoms. The van der Waals surface area contributed by atoms with Crippen LogP contribution >= 0.6 is 0 Å². The van der Waals surface area contributed by atoms with Crippen LogP contribution in [0.5, 0.6) is 0 Å². The summed E-state index contributed by atoms with van der Waals surface area (Å²) in [7, 11) is -3.86. The lowest BCUT2D eigenvalue weighted by atomic mass is 10.2. The summed E-state index contributed by atoms with van der Waals surface area (Å²) < 4.78 is 27.0. The van der Waals surface area contributed by atoms with E-state index in [4.69, 9.17) is 11.0 Å². The van der Waals surface area contributed by atoms with Crippen LogP contribution in [0.25, 0.3) is 0 Å². The number of benzene rings is 1. The molecule has 1 heterocycles. The zero-order chi connectivity index (χ0) is 14.8. The maximum Gasteiger partial charge on any atom is 0.263 e. The Hall–Kier alpha value is -2.59. The maximum atomic E-state index is 12.3. The molecule has 7 heteroatoms. The van der Waals surface area contributed by atoms with Gasteiger partial charge in [0.05, 0.1) is 17.4 Å². The Morgan fingerprint density at radius 3 is 2.75 bits per heavy atom. The summed E-state index contributed by atoms with van der Waals surface area (Å²) in [5.74, 6) is 0. The number of hydrogen-bond acceptors (Lipinski definition) is 5. The van der Waals surface area contributed by atoms with Crippen LogP contribution in [0.2, 0.25) is 0 Å². The van der Waals surface area contributed by atoms with Crippen molar-refractivity contribution in [2.45, 2.75) is 11.8 Å². The van der Waals surface area contributed by atoms with E-state index >= 15 is 0 Å². The van der Waals surface area contributed by atoms with Gasteiger partial charge in [-0.2, -0.15) is 5.26 Å². The summed E-state index contributed by atoms with van der Waals surface area (Å²) in [6.45, 7) is 1.76. The summed E-state index contributed by atoms with van der Waals surface area (Å²) in [5, 5.41) is 9.02. The monoisotopic (exact) mass is 288 g/mol. The standard InChI is InChI=1S/C13H12N4O2S/c1-9-4-5-16-8-12(9)17-20(18,19)13-3-2-11(15)6-10(13)7-14/h2-6,8,17H,15H2,1H3. The SMILES string of the molecule is Cc1ccncc1NS(=O)(=O)c1ccc(N)cc1C#N. The first-order valence-electron chi connectivity index (χ1n) is 5.67. The molecule has 0 saturated heterocycles. The van der Waals surface area contributed by atoms with Gasteiger partial charge in [-0.1, -0.05) is 0 Å². The van der Waals surface area contributed by atoms with Gasteiger partial charge in [0.25, 0.3) is 10.0 Å². The Labute approximate surface area is 116 Å². The van der Waals surface area contributed by atoms with E-state index in [1.54, 1.807) is 19.2 Å². The normalized spacial score (nSPS) is 10.8. The molecule has 6 nitrogen and oxygen atoms in total. The van der Waals surface area contributed by atoms with Gasteiger partial charge >= 0.3 is 0 Å². The van der Waals surface area contributed by atoms with E-state index in [1.807, 2.05) is 6.07 Å². The van der Waals surface area contributed by atoms with Gasteiger partial charge in [0.15, 0.2) is 0 Å². The van der Waals surface area contributed by atoms with Gasteiger partial charge in [-0.15, -0.1) is 0 Å². The molecule has 0 amide bonds. The third kappa shape index (κ3) is 2.70. The highest BCUT2D eigenvalue weighted by atomic mass is 32.2. The van der Waals surface area contributed by atoms with Crippen LogP contribution in [-0.2, 0) is 10.0 Å². The van der Waals surface area contributed by atoms with Crippen molar-refractivity contribution < 1.29 is 8.42 Å². The van der Waals surface area contributed by atoms with Crippen molar-refractivity contribution in [3.8, 4) is 6.07 Å². The number of anilines is 2. The predicted octanol–water partition coefficient (Wildman–Crippen LogP) is 1.64. The molecule has 0 aliphatic carbocycles. The highest BCUT2D eigenvalue weighted by Crippen LogP contribution is 2.22. The van der Waals surface area contributed by atoms with Crippen molar-refractivity contribution >= 4 is 21.4 Å². The molecule has 102 valence electrons. The minimum atomic E-state index is -3.86. The average molecular weight is 288 g/mol. The van der Waals surface area contributed by atoms with Crippen LogP contribution in [0, 0.1) is 18.3 Å². The number of nitriles is 1. The molecule has 1 aromatic heterocycles. The van der Waals surface area contributed by atoms with E-state index in [2.05, 4.69) is 9.71 Å². The third-order valence-electron chi connectivity index (χ3n) is 2.70. The first-order chi connectivity index (χ1) is 9.44. The molecule has 0 bridgehead atoms. The second kappa shape index (κ2) is 5.19. The molecule has 3 N–H and O–H groups in total. The van der Waals surface area contributed by atoms with Crippen LogP contribution in [0.3, 0.4) is 0 Å². The Balaban J connectivity index is 2.47. The highest BCUT2D eigenvalue weighted by Gasteiger charge is 2.19. The van der Waals surface area contributed by atoms with Gasteiger partial charge in [-0.3, -0.25) is 9.71 Å². The summed E-state index contributed by atoms with van der Waals surface area (Å²) in [5.41, 5.74) is 6.98. The first kappa shape index (κ1) is 13.8. The number of rotatable bonds is 3. The maximum absolute atomic E-state index is 12.3. The zero-order valence-electron chi connectivity index (χ0n) is 10.7. The molecule has 0 radical (unpaired) electrons. The lowest BCUT2D eigenvalue weighted by Crippen LogP contribution is -2.15. The number of pyridine rings is 1. The van der Waals surface area contributed by atoms with Gasteiger partial charge in [-0.25, -0.2) is 8.42 Å². The van der Waals surface area contributed by atoms with Crippen molar-refractivity contribution in [3.05, 3.63) is 47.8 Å². The highest BCUT2D eigenvalue weighted by molar-refractivity contribution is 7.92. The fourth-order valence-electron chi connectivity index (χ4n) is 1.64. The number of nitrogens with two attached hydrogens (primary N) is 1. The number of nitrogens with zero attached hydrogens (tertiary/aromatic N) is 2. The fraction of sp³-hybridized carbons (Fsp3) is 0.0769. The summed E-state index contributed by atoms with van der Waals surface area (Å²) in [6, 6.07) is 7.58. The van der Waals surface area contributed by atoms with E-state index < -0.39 is 10.0 Å². The minimum Gasteiger partial charge on any atom is -0.399 e. The average Bonchev–Trinajstić information content (AvgIpc) is 2.40. The number of nitrogen functional groups attached to an aromatic ring is 1. The quantitative estimate of drug-likeness (QED) is 0.834. The van der Waals surface area contributed by atoms with E-state index in [-0.39, 0.29) is 10.5 Å². The van der Waals surface area contributed by atoms with Crippen LogP contribution < -0.4 is 10.5 Å². The van der Waals surface area contributed by atoms with Crippen molar-refractivity contribution in [3.63, 3.8) is 0 Å². The number of sulfonamides is 1. The second-order valence-corrected chi connectivity index (χ2v) is 5.81. The number of hydrogen-bond donors (Lipinski definition) is 2. The molecule has 1 aromatic carbocycles. The lowest BCUT2D eigenvalue weighted by molar-refractivity contribution is 0.601. The predicted molar refractivity (Wildman–Crippen MR) is 75.4 cm³/mol. The van der Waals surface area contributed by atoms with E-state index in [1.165, 1.54) is 24.4 Å². The molecule has 0 atom stereocenters. The third-order valence-corrected chi connectivity index (χ3v) is 4.12. The number of aromatic nitrogens is 1. The molecular formula is C13H12N4O2S. The first-order valence-corrected chi connectivity index (χ1v) is 7.15. The molecule has 0 saturated carbocycles. The van der Waals surface area contributed by atoms with E-state index in [0.717, 1.165) is 5.56 Å². The molecule has 2 rings (SSSR count). The Kier molecular flexibility index (Phi) is 3.59. The van der Waals surface area contributed by atoms with E-state index in [9.17, 15) is 8.42 Å². The zero-order valence-corrected chi connectivity index (χ0v) is 11.5. The van der Waals surface area contributed by atoms with Gasteiger partial charge in [0, 0.05) is 11.9 Å². The molecular weight excluding hydrogens is 276 g/mol. The van der Waals surface area contributed by atoms with Crippen molar-refractivity contribution in [2.24, 2.45) is 0 Å². The Morgan fingerprint density at radius 1 is 1.35 bits per heavy atom. The topological polar surface area (TPSA) is 109 Å². The van der Waals surface area contributed by atoms with Crippen molar-refractivity contribution in [1.29, 1.82) is 5.26 Å². The van der Waals surface area contributed by atoms with Gasteiger partial charge < -0.3 is 5.73 Å². The second-order valence-electron chi connectivity index (χ2n) is 4.16. The molecule has 2 aromatic rings. The fourth-order valence-corrected chi connectivity index (χ4v) is 2.89. The molecule has 0 fully saturated rings. The smallest absolute Gasteiger partial charge is 0.263 e. The largest absolute Gasteiger partial charge is 0.399 e. The summed E-state index contributed by atoms with van der Waals surface area (Å²) in [4.78, 5) is 3.75. The van der Waals surface area contributed by atoms with Gasteiger partial charge in [-0.05, 0) is 36.8 Å². The van der Waals surface area contributed by atoms with Crippen molar-refractivity contribution in [2.75, 3.05) is 10.5 Å².